The van der Waals surface area contributed by atoms with Crippen LogP contribution >= 0.6 is 0 Å². The van der Waals surface area contributed by atoms with Gasteiger partial charge in [-0.15, -0.1) is 0 Å². The van der Waals surface area contributed by atoms with Gasteiger partial charge in [0, 0.05) is 19.7 Å². The molecule has 0 saturated carbocycles. The third-order valence-corrected chi connectivity index (χ3v) is 3.23. The molecule has 0 heterocycles. The van der Waals surface area contributed by atoms with E-state index >= 15 is 0 Å². The van der Waals surface area contributed by atoms with Gasteiger partial charge in [0.05, 0.1) is 6.61 Å². The summed E-state index contributed by atoms with van der Waals surface area (Å²) in [5.74, 6) is 0.852. The number of unbranched alkanes of at least 4 members (excludes halogenated alkanes) is 2. The number of nitrogens with zero attached hydrogens (tertiary/aromatic N) is 1. The van der Waals surface area contributed by atoms with E-state index in [-0.39, 0.29) is 0 Å². The van der Waals surface area contributed by atoms with Crippen molar-refractivity contribution in [1.29, 1.82) is 0 Å². The highest BCUT2D eigenvalue weighted by molar-refractivity contribution is 4.60. The lowest BCUT2D eigenvalue weighted by Gasteiger charge is -2.22. The van der Waals surface area contributed by atoms with Crippen molar-refractivity contribution in [2.45, 2.75) is 52.9 Å². The van der Waals surface area contributed by atoms with Crippen LogP contribution in [0.2, 0.25) is 0 Å². The minimum Gasteiger partial charge on any atom is -0.380 e. The van der Waals surface area contributed by atoms with Crippen LogP contribution in [-0.2, 0) is 4.74 Å². The SMILES string of the molecule is CCCCCOCCN(C)CC(CC)CC. The second-order valence-electron chi connectivity index (χ2n) is 4.76. The Morgan fingerprint density at radius 1 is 1.00 bits per heavy atom. The zero-order valence-electron chi connectivity index (χ0n) is 11.8. The third kappa shape index (κ3) is 9.17. The first-order valence-electron chi connectivity index (χ1n) is 7.00. The Balaban J connectivity index is 3.32. The fourth-order valence-electron chi connectivity index (χ4n) is 1.86. The fraction of sp³-hybridized carbons (Fsp3) is 1.00. The molecule has 0 bridgehead atoms. The minimum atomic E-state index is 0.852. The van der Waals surface area contributed by atoms with Crippen molar-refractivity contribution >= 4 is 0 Å². The highest BCUT2D eigenvalue weighted by Crippen LogP contribution is 2.08. The minimum absolute atomic E-state index is 0.852. The predicted octanol–water partition coefficient (Wildman–Crippen LogP) is 3.56. The molecule has 2 nitrogen and oxygen atoms in total. The van der Waals surface area contributed by atoms with Gasteiger partial charge in [-0.3, -0.25) is 0 Å². The summed E-state index contributed by atoms with van der Waals surface area (Å²) in [5.41, 5.74) is 0. The monoisotopic (exact) mass is 229 g/mol. The molecule has 16 heavy (non-hydrogen) atoms. The van der Waals surface area contributed by atoms with Crippen LogP contribution in [0.5, 0.6) is 0 Å². The highest BCUT2D eigenvalue weighted by Gasteiger charge is 2.06. The number of ether oxygens (including phenoxy) is 1. The van der Waals surface area contributed by atoms with Gasteiger partial charge in [0.2, 0.25) is 0 Å². The van der Waals surface area contributed by atoms with Crippen molar-refractivity contribution in [3.8, 4) is 0 Å². The molecule has 0 aliphatic carbocycles. The molecule has 0 aromatic rings. The summed E-state index contributed by atoms with van der Waals surface area (Å²) >= 11 is 0. The molecule has 0 atom stereocenters. The van der Waals surface area contributed by atoms with E-state index in [9.17, 15) is 0 Å². The lowest BCUT2D eigenvalue weighted by molar-refractivity contribution is 0.103. The predicted molar refractivity (Wildman–Crippen MR) is 71.9 cm³/mol. The van der Waals surface area contributed by atoms with Gasteiger partial charge in [0.15, 0.2) is 0 Å². The van der Waals surface area contributed by atoms with Crippen LogP contribution in [0.15, 0.2) is 0 Å². The summed E-state index contributed by atoms with van der Waals surface area (Å²) < 4.78 is 5.61. The Morgan fingerprint density at radius 3 is 2.25 bits per heavy atom. The van der Waals surface area contributed by atoms with E-state index < -0.39 is 0 Å². The van der Waals surface area contributed by atoms with Crippen LogP contribution in [0.4, 0.5) is 0 Å². The van der Waals surface area contributed by atoms with Crippen molar-refractivity contribution in [3.05, 3.63) is 0 Å². The van der Waals surface area contributed by atoms with E-state index in [4.69, 9.17) is 4.74 Å². The van der Waals surface area contributed by atoms with Crippen molar-refractivity contribution in [2.24, 2.45) is 5.92 Å². The van der Waals surface area contributed by atoms with Gasteiger partial charge in [-0.25, -0.2) is 0 Å². The first-order valence-corrected chi connectivity index (χ1v) is 7.00. The molecule has 0 rings (SSSR count). The zero-order valence-corrected chi connectivity index (χ0v) is 11.8. The van der Waals surface area contributed by atoms with E-state index in [1.165, 1.54) is 38.6 Å². The molecule has 0 radical (unpaired) electrons. The van der Waals surface area contributed by atoms with Crippen molar-refractivity contribution in [1.82, 2.24) is 4.90 Å². The Hall–Kier alpha value is -0.0800. The van der Waals surface area contributed by atoms with Crippen LogP contribution in [-0.4, -0.2) is 38.3 Å². The Labute approximate surface area is 102 Å². The molecular formula is C14H31NO. The van der Waals surface area contributed by atoms with E-state index in [0.29, 0.717) is 0 Å². The quantitative estimate of drug-likeness (QED) is 0.502. The van der Waals surface area contributed by atoms with Crippen LogP contribution in [0.1, 0.15) is 52.9 Å². The van der Waals surface area contributed by atoms with Crippen LogP contribution in [0.3, 0.4) is 0 Å². The third-order valence-electron chi connectivity index (χ3n) is 3.23. The van der Waals surface area contributed by atoms with E-state index in [2.05, 4.69) is 32.7 Å². The molecule has 98 valence electrons. The maximum Gasteiger partial charge on any atom is 0.0593 e. The summed E-state index contributed by atoms with van der Waals surface area (Å²) in [5, 5.41) is 0. The normalized spacial score (nSPS) is 11.6. The maximum absolute atomic E-state index is 5.61. The summed E-state index contributed by atoms with van der Waals surface area (Å²) in [6.45, 7) is 10.9. The number of rotatable bonds is 11. The van der Waals surface area contributed by atoms with Crippen molar-refractivity contribution < 1.29 is 4.74 Å². The molecule has 0 saturated heterocycles. The number of hydrogen-bond donors (Lipinski definition) is 0. The molecule has 0 aliphatic heterocycles. The Kier molecular flexibility index (Phi) is 11.3. The van der Waals surface area contributed by atoms with Gasteiger partial charge in [-0.1, -0.05) is 46.5 Å². The molecule has 0 unspecified atom stereocenters. The van der Waals surface area contributed by atoms with E-state index in [1.54, 1.807) is 0 Å². The van der Waals surface area contributed by atoms with Gasteiger partial charge in [-0.2, -0.15) is 0 Å². The smallest absolute Gasteiger partial charge is 0.0593 e. The zero-order chi connectivity index (χ0) is 12.2. The standard InChI is InChI=1S/C14H31NO/c1-5-8-9-11-16-12-10-15(4)13-14(6-2)7-3/h14H,5-13H2,1-4H3. The second kappa shape index (κ2) is 11.4. The maximum atomic E-state index is 5.61. The summed E-state index contributed by atoms with van der Waals surface area (Å²) in [6, 6.07) is 0. The Bertz CT molecular complexity index is 135. The number of hydrogen-bond acceptors (Lipinski definition) is 2. The summed E-state index contributed by atoms with van der Waals surface area (Å²) in [6.07, 6.45) is 6.37. The highest BCUT2D eigenvalue weighted by atomic mass is 16.5. The average Bonchev–Trinajstić information content (AvgIpc) is 2.30. The molecule has 0 N–H and O–H groups in total. The van der Waals surface area contributed by atoms with Gasteiger partial charge in [-0.05, 0) is 19.4 Å². The fourth-order valence-corrected chi connectivity index (χ4v) is 1.86. The Morgan fingerprint density at radius 2 is 1.69 bits per heavy atom. The first kappa shape index (κ1) is 15.9. The average molecular weight is 229 g/mol. The van der Waals surface area contributed by atoms with Gasteiger partial charge in [0.1, 0.15) is 0 Å². The summed E-state index contributed by atoms with van der Waals surface area (Å²) in [4.78, 5) is 2.40. The molecule has 0 spiro atoms. The molecule has 2 heteroatoms. The lowest BCUT2D eigenvalue weighted by atomic mass is 10.0. The molecule has 0 amide bonds. The second-order valence-corrected chi connectivity index (χ2v) is 4.76. The van der Waals surface area contributed by atoms with Gasteiger partial charge < -0.3 is 9.64 Å². The first-order chi connectivity index (χ1) is 7.74. The van der Waals surface area contributed by atoms with Gasteiger partial charge in [0.25, 0.3) is 0 Å². The molecule has 0 fully saturated rings. The molecule has 0 aromatic carbocycles. The van der Waals surface area contributed by atoms with Crippen molar-refractivity contribution in [3.63, 3.8) is 0 Å². The topological polar surface area (TPSA) is 12.5 Å². The summed E-state index contributed by atoms with van der Waals surface area (Å²) in [7, 11) is 2.20. The number of likely N-dealkylation sites (N-methyl/N-ethyl adjacent to an activating group) is 1. The van der Waals surface area contributed by atoms with Crippen molar-refractivity contribution in [2.75, 3.05) is 33.4 Å². The van der Waals surface area contributed by atoms with Gasteiger partial charge >= 0.3 is 0 Å². The van der Waals surface area contributed by atoms with E-state index in [0.717, 1.165) is 25.7 Å². The van der Waals surface area contributed by atoms with Crippen LogP contribution in [0.25, 0.3) is 0 Å². The van der Waals surface area contributed by atoms with Crippen LogP contribution in [0, 0.1) is 5.92 Å². The largest absolute Gasteiger partial charge is 0.380 e. The lowest BCUT2D eigenvalue weighted by Crippen LogP contribution is -2.28. The molecular weight excluding hydrogens is 198 g/mol. The van der Waals surface area contributed by atoms with Crippen LogP contribution < -0.4 is 0 Å². The van der Waals surface area contributed by atoms with E-state index in [1.807, 2.05) is 0 Å². The molecule has 0 aliphatic rings. The molecule has 0 aromatic heterocycles.